The number of halogens is 3. The fourth-order valence-corrected chi connectivity index (χ4v) is 3.48. The van der Waals surface area contributed by atoms with E-state index in [0.29, 0.717) is 25.8 Å². The minimum absolute atomic E-state index is 0.303. The first-order valence-corrected chi connectivity index (χ1v) is 12.1. The molecule has 2 heterocycles. The summed E-state index contributed by atoms with van der Waals surface area (Å²) in [4.78, 5) is 42.3. The van der Waals surface area contributed by atoms with Crippen LogP contribution in [-0.2, 0) is 30.3 Å². The summed E-state index contributed by atoms with van der Waals surface area (Å²) in [7, 11) is 0. The standard InChI is InChI=1S/C22H31Cl3N4O5/c1-14(19(31)29-10-6-8-16(28-29)20(32)33-13-22(23,24)25)27-18(30)17(34-21(2,3)4)11-15-7-5-9-26-12-15/h5,7,9,12,14,16-17,28H,6,8,10-11,13H2,1-4H3,(H,27,30). The molecule has 0 saturated carbocycles. The number of esters is 1. The number of pyridine rings is 1. The predicted molar refractivity (Wildman–Crippen MR) is 129 cm³/mol. The lowest BCUT2D eigenvalue weighted by atomic mass is 10.1. The Balaban J connectivity index is 1.98. The summed E-state index contributed by atoms with van der Waals surface area (Å²) in [6, 6.07) is 2.00. The van der Waals surface area contributed by atoms with Crippen molar-refractivity contribution < 1.29 is 23.9 Å². The Labute approximate surface area is 214 Å². The van der Waals surface area contributed by atoms with Crippen LogP contribution in [0.15, 0.2) is 24.5 Å². The van der Waals surface area contributed by atoms with Crippen molar-refractivity contribution in [3.8, 4) is 0 Å². The smallest absolute Gasteiger partial charge is 0.325 e. The Morgan fingerprint density at radius 2 is 2.00 bits per heavy atom. The molecule has 0 bridgehead atoms. The summed E-state index contributed by atoms with van der Waals surface area (Å²) in [6.07, 6.45) is 3.81. The summed E-state index contributed by atoms with van der Waals surface area (Å²) in [5.74, 6) is -1.45. The highest BCUT2D eigenvalue weighted by Crippen LogP contribution is 2.26. The van der Waals surface area contributed by atoms with Crippen LogP contribution in [0.2, 0.25) is 0 Å². The number of hydrogen-bond donors (Lipinski definition) is 2. The molecule has 1 aliphatic heterocycles. The molecule has 0 aliphatic carbocycles. The Morgan fingerprint density at radius 1 is 1.29 bits per heavy atom. The number of rotatable bonds is 8. The third-order valence-electron chi connectivity index (χ3n) is 4.78. The van der Waals surface area contributed by atoms with Crippen molar-refractivity contribution in [1.82, 2.24) is 20.7 Å². The van der Waals surface area contributed by atoms with Gasteiger partial charge in [-0.25, -0.2) is 5.43 Å². The molecule has 9 nitrogen and oxygen atoms in total. The van der Waals surface area contributed by atoms with Crippen LogP contribution in [0.3, 0.4) is 0 Å². The Morgan fingerprint density at radius 3 is 2.59 bits per heavy atom. The summed E-state index contributed by atoms with van der Waals surface area (Å²) in [5, 5.41) is 4.03. The van der Waals surface area contributed by atoms with Gasteiger partial charge in [0, 0.05) is 25.4 Å². The van der Waals surface area contributed by atoms with Gasteiger partial charge in [0.15, 0.2) is 0 Å². The summed E-state index contributed by atoms with van der Waals surface area (Å²) >= 11 is 16.8. The number of aromatic nitrogens is 1. The number of nitrogens with zero attached hydrogens (tertiary/aromatic N) is 2. The van der Waals surface area contributed by atoms with E-state index in [-0.39, 0.29) is 0 Å². The SMILES string of the molecule is CC(NC(=O)C(Cc1cccnc1)OC(C)(C)C)C(=O)N1CCCC(C(=O)OCC(Cl)(Cl)Cl)N1. The van der Waals surface area contributed by atoms with E-state index < -0.39 is 52.0 Å². The van der Waals surface area contributed by atoms with Gasteiger partial charge >= 0.3 is 5.97 Å². The van der Waals surface area contributed by atoms with Crippen LogP contribution in [0.25, 0.3) is 0 Å². The second kappa shape index (κ2) is 12.4. The summed E-state index contributed by atoms with van der Waals surface area (Å²) in [6.45, 7) is 7.09. The van der Waals surface area contributed by atoms with E-state index in [4.69, 9.17) is 44.3 Å². The molecule has 3 unspecified atom stereocenters. The van der Waals surface area contributed by atoms with Crippen LogP contribution in [0.1, 0.15) is 46.1 Å². The maximum atomic E-state index is 13.0. The van der Waals surface area contributed by atoms with E-state index in [1.54, 1.807) is 25.4 Å². The number of hydrogen-bond acceptors (Lipinski definition) is 7. The van der Waals surface area contributed by atoms with Crippen LogP contribution in [0.5, 0.6) is 0 Å². The lowest BCUT2D eigenvalue weighted by Gasteiger charge is -2.35. The number of hydrazine groups is 1. The van der Waals surface area contributed by atoms with Gasteiger partial charge in [-0.05, 0) is 52.2 Å². The van der Waals surface area contributed by atoms with Gasteiger partial charge in [0.1, 0.15) is 24.8 Å². The van der Waals surface area contributed by atoms with Crippen molar-refractivity contribution in [2.45, 2.75) is 74.5 Å². The predicted octanol–water partition coefficient (Wildman–Crippen LogP) is 2.72. The molecule has 190 valence electrons. The first-order valence-electron chi connectivity index (χ1n) is 10.9. The number of carbonyl (C=O) groups excluding carboxylic acids is 3. The molecule has 1 aromatic heterocycles. The minimum Gasteiger partial charge on any atom is -0.460 e. The number of alkyl halides is 3. The summed E-state index contributed by atoms with van der Waals surface area (Å²) < 4.78 is 9.24. The quantitative estimate of drug-likeness (QED) is 0.388. The van der Waals surface area contributed by atoms with Crippen LogP contribution >= 0.6 is 34.8 Å². The van der Waals surface area contributed by atoms with E-state index in [0.717, 1.165) is 5.56 Å². The molecule has 2 amide bonds. The Kier molecular flexibility index (Phi) is 10.4. The van der Waals surface area contributed by atoms with Crippen LogP contribution in [0.4, 0.5) is 0 Å². The highest BCUT2D eigenvalue weighted by Gasteiger charge is 2.34. The van der Waals surface area contributed by atoms with Gasteiger partial charge in [-0.2, -0.15) is 0 Å². The number of ether oxygens (including phenoxy) is 2. The first-order chi connectivity index (χ1) is 15.7. The number of nitrogens with one attached hydrogen (secondary N) is 2. The van der Waals surface area contributed by atoms with Crippen molar-refractivity contribution in [2.24, 2.45) is 0 Å². The van der Waals surface area contributed by atoms with Gasteiger partial charge in [-0.1, -0.05) is 40.9 Å². The fraction of sp³-hybridized carbons (Fsp3) is 0.636. The molecule has 0 aromatic carbocycles. The summed E-state index contributed by atoms with van der Waals surface area (Å²) in [5.41, 5.74) is 3.10. The topological polar surface area (TPSA) is 110 Å². The molecule has 0 radical (unpaired) electrons. The zero-order valence-electron chi connectivity index (χ0n) is 19.6. The van der Waals surface area contributed by atoms with Crippen molar-refractivity contribution in [3.05, 3.63) is 30.1 Å². The average molecular weight is 538 g/mol. The van der Waals surface area contributed by atoms with Crippen molar-refractivity contribution in [2.75, 3.05) is 13.2 Å². The van der Waals surface area contributed by atoms with Gasteiger partial charge < -0.3 is 14.8 Å². The van der Waals surface area contributed by atoms with Gasteiger partial charge in [-0.3, -0.25) is 24.4 Å². The molecular weight excluding hydrogens is 507 g/mol. The van der Waals surface area contributed by atoms with Crippen LogP contribution in [-0.4, -0.2) is 68.5 Å². The van der Waals surface area contributed by atoms with Gasteiger partial charge in [0.05, 0.1) is 5.60 Å². The normalized spacial score (nSPS) is 18.7. The third kappa shape index (κ3) is 9.92. The van der Waals surface area contributed by atoms with Crippen LogP contribution in [0, 0.1) is 0 Å². The highest BCUT2D eigenvalue weighted by atomic mass is 35.6. The lowest BCUT2D eigenvalue weighted by molar-refractivity contribution is -0.154. The van der Waals surface area contributed by atoms with E-state index in [9.17, 15) is 14.4 Å². The van der Waals surface area contributed by atoms with Crippen molar-refractivity contribution >= 4 is 52.6 Å². The fourth-order valence-electron chi connectivity index (χ4n) is 3.32. The molecule has 12 heteroatoms. The molecule has 34 heavy (non-hydrogen) atoms. The molecule has 1 saturated heterocycles. The number of carbonyl (C=O) groups is 3. The van der Waals surface area contributed by atoms with Gasteiger partial charge in [-0.15, -0.1) is 0 Å². The van der Waals surface area contributed by atoms with Crippen LogP contribution < -0.4 is 10.7 Å². The monoisotopic (exact) mass is 536 g/mol. The molecule has 1 aromatic rings. The average Bonchev–Trinajstić information content (AvgIpc) is 2.75. The molecule has 1 fully saturated rings. The Hall–Kier alpha value is -1.65. The van der Waals surface area contributed by atoms with Crippen molar-refractivity contribution in [1.29, 1.82) is 0 Å². The Bertz CT molecular complexity index is 845. The zero-order valence-corrected chi connectivity index (χ0v) is 21.9. The number of amides is 2. The van der Waals surface area contributed by atoms with Gasteiger partial charge in [0.25, 0.3) is 5.91 Å². The van der Waals surface area contributed by atoms with E-state index >= 15 is 0 Å². The third-order valence-corrected chi connectivity index (χ3v) is 5.10. The maximum absolute atomic E-state index is 13.0. The first kappa shape index (κ1) is 28.6. The molecule has 3 atom stereocenters. The largest absolute Gasteiger partial charge is 0.460 e. The maximum Gasteiger partial charge on any atom is 0.325 e. The lowest BCUT2D eigenvalue weighted by Crippen LogP contribution is -2.60. The molecule has 2 N–H and O–H groups in total. The molecule has 0 spiro atoms. The van der Waals surface area contributed by atoms with E-state index in [1.807, 2.05) is 26.8 Å². The zero-order chi connectivity index (χ0) is 25.5. The highest BCUT2D eigenvalue weighted by molar-refractivity contribution is 6.67. The second-order valence-corrected chi connectivity index (χ2v) is 11.6. The minimum atomic E-state index is -1.72. The van der Waals surface area contributed by atoms with Crippen molar-refractivity contribution in [3.63, 3.8) is 0 Å². The molecule has 1 aliphatic rings. The van der Waals surface area contributed by atoms with Gasteiger partial charge in [0.2, 0.25) is 9.70 Å². The van der Waals surface area contributed by atoms with E-state index in [1.165, 1.54) is 5.01 Å². The van der Waals surface area contributed by atoms with E-state index in [2.05, 4.69) is 15.7 Å². The molecular formula is C22H31Cl3N4O5. The second-order valence-electron chi connectivity index (χ2n) is 9.05. The molecule has 2 rings (SSSR count).